The Morgan fingerprint density at radius 1 is 1.07 bits per heavy atom. The fraction of sp³-hybridized carbons (Fsp3) is 0.909. The minimum atomic E-state index is 0. The van der Waals surface area contributed by atoms with E-state index in [1.807, 2.05) is 0 Å². The van der Waals surface area contributed by atoms with Crippen molar-refractivity contribution in [3.05, 3.63) is 0 Å². The third-order valence-electron chi connectivity index (χ3n) is 3.54. The van der Waals surface area contributed by atoms with E-state index in [-0.39, 0.29) is 12.4 Å². The van der Waals surface area contributed by atoms with Gasteiger partial charge in [0.2, 0.25) is 0 Å². The SMILES string of the molecule is Cl.N#CCCN1CC2CCC(CC2)C1. The Kier molecular flexibility index (Phi) is 4.71. The molecule has 0 aromatic rings. The van der Waals surface area contributed by atoms with Gasteiger partial charge in [-0.3, -0.25) is 0 Å². The van der Waals surface area contributed by atoms with Crippen LogP contribution in [0.4, 0.5) is 0 Å². The number of halogens is 1. The molecule has 0 unspecified atom stereocenters. The third kappa shape index (κ3) is 2.87. The summed E-state index contributed by atoms with van der Waals surface area (Å²) in [6.07, 6.45) is 6.46. The summed E-state index contributed by atoms with van der Waals surface area (Å²) in [5.74, 6) is 1.88. The van der Waals surface area contributed by atoms with Crippen molar-refractivity contribution in [2.45, 2.75) is 32.1 Å². The molecule has 2 nitrogen and oxygen atoms in total. The molecule has 2 heterocycles. The van der Waals surface area contributed by atoms with Crippen molar-refractivity contribution in [2.24, 2.45) is 11.8 Å². The van der Waals surface area contributed by atoms with Gasteiger partial charge in [-0.25, -0.2) is 0 Å². The Morgan fingerprint density at radius 3 is 2.00 bits per heavy atom. The van der Waals surface area contributed by atoms with Gasteiger partial charge < -0.3 is 4.90 Å². The van der Waals surface area contributed by atoms with Crippen LogP contribution in [0.2, 0.25) is 0 Å². The summed E-state index contributed by atoms with van der Waals surface area (Å²) >= 11 is 0. The number of fused-ring (bicyclic) bond motifs is 4. The Hall–Kier alpha value is -0.260. The summed E-state index contributed by atoms with van der Waals surface area (Å²) in [6, 6.07) is 2.24. The Labute approximate surface area is 92.7 Å². The molecule has 2 bridgehead atoms. The van der Waals surface area contributed by atoms with Gasteiger partial charge in [0.15, 0.2) is 0 Å². The van der Waals surface area contributed by atoms with Crippen LogP contribution in [0, 0.1) is 23.2 Å². The molecule has 0 aromatic heterocycles. The van der Waals surface area contributed by atoms with Crippen molar-refractivity contribution < 1.29 is 0 Å². The maximum atomic E-state index is 8.54. The Bertz CT molecular complexity index is 190. The summed E-state index contributed by atoms with van der Waals surface area (Å²) in [4.78, 5) is 2.51. The highest BCUT2D eigenvalue weighted by atomic mass is 35.5. The average Bonchev–Trinajstić information content (AvgIpc) is 2.46. The lowest BCUT2D eigenvalue weighted by atomic mass is 9.84. The highest BCUT2D eigenvalue weighted by molar-refractivity contribution is 5.85. The van der Waals surface area contributed by atoms with Crippen LogP contribution in [0.5, 0.6) is 0 Å². The zero-order valence-corrected chi connectivity index (χ0v) is 9.43. The van der Waals surface area contributed by atoms with Crippen LogP contribution in [0.25, 0.3) is 0 Å². The first-order valence-electron chi connectivity index (χ1n) is 5.48. The van der Waals surface area contributed by atoms with E-state index >= 15 is 0 Å². The van der Waals surface area contributed by atoms with E-state index in [1.54, 1.807) is 0 Å². The molecule has 0 radical (unpaired) electrons. The van der Waals surface area contributed by atoms with Gasteiger partial charge in [-0.2, -0.15) is 5.26 Å². The van der Waals surface area contributed by atoms with E-state index < -0.39 is 0 Å². The first kappa shape index (κ1) is 11.8. The van der Waals surface area contributed by atoms with E-state index in [0.29, 0.717) is 6.42 Å². The number of nitrogens with zero attached hydrogens (tertiary/aromatic N) is 2. The summed E-state index contributed by atoms with van der Waals surface area (Å²) in [5, 5.41) is 8.54. The minimum Gasteiger partial charge on any atom is -0.302 e. The summed E-state index contributed by atoms with van der Waals surface area (Å²) in [6.45, 7) is 3.53. The molecule has 3 heteroatoms. The Morgan fingerprint density at radius 2 is 1.57 bits per heavy atom. The van der Waals surface area contributed by atoms with Crippen molar-refractivity contribution in [1.29, 1.82) is 5.26 Å². The van der Waals surface area contributed by atoms with Crippen molar-refractivity contribution in [3.8, 4) is 6.07 Å². The number of hydrogen-bond donors (Lipinski definition) is 0. The molecule has 3 rings (SSSR count). The molecule has 3 fully saturated rings. The predicted octanol–water partition coefficient (Wildman–Crippen LogP) is 2.44. The van der Waals surface area contributed by atoms with Crippen LogP contribution < -0.4 is 0 Å². The maximum Gasteiger partial charge on any atom is 0.0635 e. The van der Waals surface area contributed by atoms with Gasteiger partial charge in [0.05, 0.1) is 6.07 Å². The van der Waals surface area contributed by atoms with E-state index in [0.717, 1.165) is 18.4 Å². The average molecular weight is 215 g/mol. The van der Waals surface area contributed by atoms with Gasteiger partial charge in [-0.05, 0) is 37.5 Å². The summed E-state index contributed by atoms with van der Waals surface area (Å²) < 4.78 is 0. The van der Waals surface area contributed by atoms with E-state index in [4.69, 9.17) is 5.26 Å². The van der Waals surface area contributed by atoms with Gasteiger partial charge in [-0.15, -0.1) is 12.4 Å². The molecule has 0 aromatic carbocycles. The topological polar surface area (TPSA) is 27.0 Å². The fourth-order valence-electron chi connectivity index (χ4n) is 2.79. The molecule has 2 saturated heterocycles. The lowest BCUT2D eigenvalue weighted by Crippen LogP contribution is -2.29. The molecule has 0 N–H and O–H groups in total. The monoisotopic (exact) mass is 214 g/mol. The van der Waals surface area contributed by atoms with Gasteiger partial charge in [0.1, 0.15) is 0 Å². The van der Waals surface area contributed by atoms with Crippen LogP contribution in [0.1, 0.15) is 32.1 Å². The van der Waals surface area contributed by atoms with Gasteiger partial charge >= 0.3 is 0 Å². The lowest BCUT2D eigenvalue weighted by molar-refractivity contribution is 0.258. The normalized spacial score (nSPS) is 31.6. The maximum absolute atomic E-state index is 8.54. The first-order valence-corrected chi connectivity index (χ1v) is 5.48. The van der Waals surface area contributed by atoms with E-state index in [1.165, 1.54) is 38.8 Å². The van der Waals surface area contributed by atoms with E-state index in [9.17, 15) is 0 Å². The van der Waals surface area contributed by atoms with Crippen molar-refractivity contribution in [1.82, 2.24) is 4.90 Å². The highest BCUT2D eigenvalue weighted by Gasteiger charge is 2.28. The third-order valence-corrected chi connectivity index (χ3v) is 3.54. The highest BCUT2D eigenvalue weighted by Crippen LogP contribution is 2.33. The van der Waals surface area contributed by atoms with Gasteiger partial charge in [0.25, 0.3) is 0 Å². The largest absolute Gasteiger partial charge is 0.302 e. The minimum absolute atomic E-state index is 0. The van der Waals surface area contributed by atoms with Crippen LogP contribution in [-0.4, -0.2) is 24.5 Å². The molecule has 0 amide bonds. The second-order valence-corrected chi connectivity index (χ2v) is 4.55. The molecule has 80 valence electrons. The second-order valence-electron chi connectivity index (χ2n) is 4.55. The lowest BCUT2D eigenvalue weighted by Gasteiger charge is -2.21. The molecule has 0 atom stereocenters. The predicted molar refractivity (Wildman–Crippen MR) is 59.4 cm³/mol. The Balaban J connectivity index is 0.000000980. The van der Waals surface area contributed by atoms with Crippen LogP contribution in [0.3, 0.4) is 0 Å². The molecular weight excluding hydrogens is 196 g/mol. The standard InChI is InChI=1S/C11H18N2.ClH/c12-6-1-7-13-8-10-2-3-11(9-13)5-4-10;/h10-11H,1-5,7-9H2;1H. The van der Waals surface area contributed by atoms with Crippen molar-refractivity contribution in [3.63, 3.8) is 0 Å². The quantitative estimate of drug-likeness (QED) is 0.706. The second kappa shape index (κ2) is 5.58. The zero-order valence-electron chi connectivity index (χ0n) is 8.61. The number of rotatable bonds is 2. The fourth-order valence-corrected chi connectivity index (χ4v) is 2.79. The number of nitriles is 1. The van der Waals surface area contributed by atoms with Crippen LogP contribution in [-0.2, 0) is 0 Å². The van der Waals surface area contributed by atoms with Crippen molar-refractivity contribution >= 4 is 12.4 Å². The summed E-state index contributed by atoms with van der Waals surface area (Å²) in [5.41, 5.74) is 0. The molecule has 3 aliphatic rings. The van der Waals surface area contributed by atoms with Gasteiger partial charge in [0, 0.05) is 26.1 Å². The van der Waals surface area contributed by atoms with Crippen molar-refractivity contribution in [2.75, 3.05) is 19.6 Å². The molecule has 1 saturated carbocycles. The first-order chi connectivity index (χ1) is 6.38. The molecule has 14 heavy (non-hydrogen) atoms. The van der Waals surface area contributed by atoms with Crippen LogP contribution in [0.15, 0.2) is 0 Å². The molecular formula is C11H19ClN2. The zero-order chi connectivity index (χ0) is 9.10. The molecule has 1 aliphatic carbocycles. The smallest absolute Gasteiger partial charge is 0.0635 e. The number of hydrogen-bond acceptors (Lipinski definition) is 2. The molecule has 2 aliphatic heterocycles. The van der Waals surface area contributed by atoms with Crippen LogP contribution >= 0.6 is 12.4 Å². The van der Waals surface area contributed by atoms with E-state index in [2.05, 4.69) is 11.0 Å². The summed E-state index contributed by atoms with van der Waals surface area (Å²) in [7, 11) is 0. The molecule has 0 spiro atoms. The van der Waals surface area contributed by atoms with Gasteiger partial charge in [-0.1, -0.05) is 0 Å².